The number of carbonyl (C=O) groups is 1. The first-order chi connectivity index (χ1) is 27.1. The number of nitrogens with one attached hydrogen (secondary N) is 1. The lowest BCUT2D eigenvalue weighted by Crippen LogP contribution is -2.53. The van der Waals surface area contributed by atoms with Crippen LogP contribution in [0.25, 0.3) is 0 Å². The van der Waals surface area contributed by atoms with Gasteiger partial charge in [-0.25, -0.2) is 4.79 Å². The molecule has 298 valence electrons. The van der Waals surface area contributed by atoms with Gasteiger partial charge in [-0.15, -0.1) is 0 Å². The molecule has 1 spiro atoms. The molecule has 1 aromatic heterocycles. The highest BCUT2D eigenvalue weighted by Gasteiger charge is 2.54. The minimum atomic E-state index is -1.08. The van der Waals surface area contributed by atoms with Crippen molar-refractivity contribution >= 4 is 23.3 Å². The zero-order chi connectivity index (χ0) is 39.3. The van der Waals surface area contributed by atoms with E-state index in [9.17, 15) is 15.0 Å². The number of halogens is 1. The zero-order valence-corrected chi connectivity index (χ0v) is 34.2. The van der Waals surface area contributed by atoms with Gasteiger partial charge in [0.1, 0.15) is 11.3 Å². The molecule has 3 aliphatic carbocycles. The molecule has 3 N–H and O–H groups in total. The quantitative estimate of drug-likeness (QED) is 0.0976. The Bertz CT molecular complexity index is 1940. The Morgan fingerprint density at radius 1 is 1.04 bits per heavy atom. The second-order valence-corrected chi connectivity index (χ2v) is 17.7. The highest BCUT2D eigenvalue weighted by atomic mass is 35.5. The van der Waals surface area contributed by atoms with Crippen molar-refractivity contribution < 1.29 is 19.7 Å². The molecule has 0 aliphatic heterocycles. The summed E-state index contributed by atoms with van der Waals surface area (Å²) in [5.74, 6) is 1.27. The predicted molar refractivity (Wildman–Crippen MR) is 226 cm³/mol. The third-order valence-electron chi connectivity index (χ3n) is 13.5. The maximum absolute atomic E-state index is 13.1. The second kappa shape index (κ2) is 17.7. The Morgan fingerprint density at radius 2 is 1.84 bits per heavy atom. The first kappa shape index (κ1) is 40.3. The summed E-state index contributed by atoms with van der Waals surface area (Å²) in [5.41, 5.74) is 7.15. The summed E-state index contributed by atoms with van der Waals surface area (Å²) >= 11 is 6.33. The number of carboxylic acids is 1. The van der Waals surface area contributed by atoms with Crippen LogP contribution in [0.1, 0.15) is 117 Å². The third-order valence-corrected chi connectivity index (χ3v) is 13.7. The number of likely N-dealkylation sites (N-methyl/N-ethyl adjacent to an activating group) is 1. The fourth-order valence-electron chi connectivity index (χ4n) is 10.3. The number of rotatable bonds is 16. The summed E-state index contributed by atoms with van der Waals surface area (Å²) < 4.78 is 6.63. The number of benzene rings is 3. The highest BCUT2D eigenvalue weighted by Crippen LogP contribution is 2.56. The zero-order valence-electron chi connectivity index (χ0n) is 33.5. The number of aromatic nitrogens is 1. The normalized spacial score (nSPS) is 24.0. The van der Waals surface area contributed by atoms with Crippen molar-refractivity contribution in [3.05, 3.63) is 124 Å². The van der Waals surface area contributed by atoms with Gasteiger partial charge in [0.2, 0.25) is 0 Å². The number of aliphatic hydroxyl groups excluding tert-OH is 1. The molecule has 0 saturated heterocycles. The van der Waals surface area contributed by atoms with Gasteiger partial charge in [0.25, 0.3) is 0 Å². The molecule has 7 nitrogen and oxygen atoms in total. The third kappa shape index (κ3) is 8.66. The first-order valence-corrected chi connectivity index (χ1v) is 21.3. The van der Waals surface area contributed by atoms with Gasteiger partial charge < -0.3 is 20.3 Å². The summed E-state index contributed by atoms with van der Waals surface area (Å²) in [6.07, 6.45) is 12.9. The van der Waals surface area contributed by atoms with Crippen LogP contribution in [0.2, 0.25) is 5.02 Å². The van der Waals surface area contributed by atoms with E-state index in [1.807, 2.05) is 36.5 Å². The van der Waals surface area contributed by atoms with Crippen LogP contribution in [0, 0.1) is 11.8 Å². The maximum Gasteiger partial charge on any atom is 0.329 e. The molecule has 0 radical (unpaired) electrons. The van der Waals surface area contributed by atoms with Crippen LogP contribution in [0.5, 0.6) is 5.75 Å². The Hall–Kier alpha value is -3.91. The summed E-state index contributed by atoms with van der Waals surface area (Å²) in [7, 11) is 2.13. The largest absolute Gasteiger partial charge is 0.493 e. The van der Waals surface area contributed by atoms with Gasteiger partial charge >= 0.3 is 5.97 Å². The molecule has 1 fully saturated rings. The fraction of sp³-hybridized carbons (Fsp3) is 0.500. The summed E-state index contributed by atoms with van der Waals surface area (Å²) in [6.45, 7) is 6.17. The lowest BCUT2D eigenvalue weighted by molar-refractivity contribution is -0.144. The monoisotopic (exact) mass is 777 g/mol. The van der Waals surface area contributed by atoms with Crippen molar-refractivity contribution in [2.24, 2.45) is 11.8 Å². The summed E-state index contributed by atoms with van der Waals surface area (Å²) in [4.78, 5) is 20.1. The molecule has 1 heterocycles. The number of aliphatic carboxylic acids is 1. The number of fused-ring (bicyclic) bond motifs is 3. The number of pyridine rings is 1. The Balaban J connectivity index is 1.11. The van der Waals surface area contributed by atoms with Crippen molar-refractivity contribution in [1.82, 2.24) is 9.88 Å². The minimum Gasteiger partial charge on any atom is -0.493 e. The van der Waals surface area contributed by atoms with E-state index in [0.29, 0.717) is 42.2 Å². The minimum absolute atomic E-state index is 0.0434. The SMILES string of the molecule is C[C@@H](COc1ccnc2c1[C@H](C)CCC2)C[C@H]1Cc2ccc([C@H](CO)N(C)CCCCc3ccccc3)cc2C12CCC(Nc1cccc(Cl)c1)(C(=O)O)CC2. The Labute approximate surface area is 338 Å². The lowest BCUT2D eigenvalue weighted by Gasteiger charge is -2.47. The van der Waals surface area contributed by atoms with Crippen molar-refractivity contribution in [1.29, 1.82) is 0 Å². The van der Waals surface area contributed by atoms with E-state index in [0.717, 1.165) is 74.9 Å². The van der Waals surface area contributed by atoms with Gasteiger partial charge in [-0.2, -0.15) is 0 Å². The molecular formula is C48H60ClN3O4. The molecule has 3 aliphatic rings. The van der Waals surface area contributed by atoms with Crippen molar-refractivity contribution in [3.8, 4) is 5.75 Å². The number of ether oxygens (including phenoxy) is 1. The van der Waals surface area contributed by atoms with E-state index in [-0.39, 0.29) is 18.1 Å². The number of nitrogens with zero attached hydrogens (tertiary/aromatic N) is 2. The van der Waals surface area contributed by atoms with Crippen LogP contribution in [-0.4, -0.2) is 58.4 Å². The van der Waals surface area contributed by atoms with Gasteiger partial charge in [0.05, 0.1) is 19.3 Å². The number of unbranched alkanes of at least 4 members (excludes halogenated alkanes) is 1. The molecule has 7 rings (SSSR count). The molecule has 0 amide bonds. The number of carboxylic acid groups (broad SMARTS) is 1. The van der Waals surface area contributed by atoms with Crippen LogP contribution in [0.4, 0.5) is 5.69 Å². The van der Waals surface area contributed by atoms with Crippen molar-refractivity contribution in [2.45, 2.75) is 114 Å². The predicted octanol–water partition coefficient (Wildman–Crippen LogP) is 10.2. The van der Waals surface area contributed by atoms with Crippen molar-refractivity contribution in [3.63, 3.8) is 0 Å². The van der Waals surface area contributed by atoms with E-state index in [4.69, 9.17) is 16.3 Å². The average molecular weight is 778 g/mol. The van der Waals surface area contributed by atoms with E-state index in [1.165, 1.54) is 40.8 Å². The van der Waals surface area contributed by atoms with Gasteiger partial charge in [0, 0.05) is 28.2 Å². The van der Waals surface area contributed by atoms with Crippen LogP contribution in [0.15, 0.2) is 85.1 Å². The molecule has 0 bridgehead atoms. The fourth-order valence-corrected chi connectivity index (χ4v) is 10.5. The molecular weight excluding hydrogens is 718 g/mol. The van der Waals surface area contributed by atoms with Crippen LogP contribution in [0.3, 0.4) is 0 Å². The molecule has 4 atom stereocenters. The van der Waals surface area contributed by atoms with E-state index in [1.54, 1.807) is 0 Å². The average Bonchev–Trinajstić information content (AvgIpc) is 3.48. The van der Waals surface area contributed by atoms with Crippen LogP contribution >= 0.6 is 11.6 Å². The molecule has 3 aromatic carbocycles. The molecule has 56 heavy (non-hydrogen) atoms. The van der Waals surface area contributed by atoms with Gasteiger partial charge in [-0.05, 0) is 160 Å². The van der Waals surface area contributed by atoms with E-state index in [2.05, 4.69) is 84.6 Å². The lowest BCUT2D eigenvalue weighted by atomic mass is 9.59. The van der Waals surface area contributed by atoms with Crippen LogP contribution < -0.4 is 10.1 Å². The topological polar surface area (TPSA) is 94.9 Å². The number of anilines is 1. The van der Waals surface area contributed by atoms with E-state index < -0.39 is 11.5 Å². The molecule has 0 unspecified atom stereocenters. The number of hydrogen-bond acceptors (Lipinski definition) is 6. The second-order valence-electron chi connectivity index (χ2n) is 17.2. The summed E-state index contributed by atoms with van der Waals surface area (Å²) in [6, 6.07) is 26.8. The smallest absolute Gasteiger partial charge is 0.329 e. The molecule has 4 aromatic rings. The Morgan fingerprint density at radius 3 is 2.59 bits per heavy atom. The van der Waals surface area contributed by atoms with Gasteiger partial charge in [-0.3, -0.25) is 9.88 Å². The summed E-state index contributed by atoms with van der Waals surface area (Å²) in [5, 5.41) is 25.6. The van der Waals surface area contributed by atoms with E-state index >= 15 is 0 Å². The molecule has 8 heteroatoms. The first-order valence-electron chi connectivity index (χ1n) is 21.0. The Kier molecular flexibility index (Phi) is 12.7. The number of aliphatic hydroxyl groups is 1. The number of hydrogen-bond donors (Lipinski definition) is 3. The van der Waals surface area contributed by atoms with Gasteiger partial charge in [-0.1, -0.05) is 80.0 Å². The standard InChI is InChI=1S/C48H60ClN3O4/c1-33(32-56-44-20-25-50-42-17-9-11-34(2)45(42)44)27-38-28-36-18-19-37(43(31-53)52(3)26-8-7-14-35-12-5-4-6-13-35)29-41(36)47(38)21-23-48(24-22-47,46(54)55)51-40-16-10-15-39(49)30-40/h4-6,10,12-13,15-16,18-20,25,29-30,33-34,38,43,51,53H,7-9,11,14,17,21-24,26-28,31-32H2,1-3H3,(H,54,55)/t33-,34-,38+,43+,47?,48?/m1/s1. The maximum atomic E-state index is 13.1. The van der Waals surface area contributed by atoms with Crippen molar-refractivity contribution in [2.75, 3.05) is 32.1 Å². The number of aryl methyl sites for hydroxylation is 2. The molecule has 1 saturated carbocycles. The van der Waals surface area contributed by atoms with Crippen LogP contribution in [-0.2, 0) is 29.5 Å². The highest BCUT2D eigenvalue weighted by molar-refractivity contribution is 6.30. The van der Waals surface area contributed by atoms with Gasteiger partial charge in [0.15, 0.2) is 0 Å².